The molecular weight excluding hydrogens is 490 g/mol. The maximum Gasteiger partial charge on any atom is 0.343 e. The average molecular weight is 520 g/mol. The van der Waals surface area contributed by atoms with Crippen LogP contribution in [0.15, 0.2) is 109 Å². The Labute approximate surface area is 227 Å². The molecule has 0 unspecified atom stereocenters. The highest BCUT2D eigenvalue weighted by atomic mass is 16.5. The van der Waals surface area contributed by atoms with Crippen LogP contribution in [-0.2, 0) is 0 Å². The molecule has 0 aliphatic carbocycles. The van der Waals surface area contributed by atoms with E-state index in [1.807, 2.05) is 48.5 Å². The van der Waals surface area contributed by atoms with Crippen molar-refractivity contribution < 1.29 is 19.4 Å². The van der Waals surface area contributed by atoms with E-state index < -0.39 is 11.9 Å². The minimum absolute atomic E-state index is 0.184. The van der Waals surface area contributed by atoms with Crippen LogP contribution < -0.4 is 14.8 Å². The van der Waals surface area contributed by atoms with Crippen molar-refractivity contribution in [2.75, 3.05) is 16.6 Å². The Balaban J connectivity index is 1.55. The van der Waals surface area contributed by atoms with Gasteiger partial charge in [0.1, 0.15) is 5.75 Å². The average Bonchev–Trinajstić information content (AvgIpc) is 3.37. The molecule has 0 saturated heterocycles. The molecule has 39 heavy (non-hydrogen) atoms. The maximum absolute atomic E-state index is 12.6. The van der Waals surface area contributed by atoms with Gasteiger partial charge in [0.15, 0.2) is 0 Å². The number of benzene rings is 3. The number of ether oxygens (including phenoxy) is 1. The fourth-order valence-corrected chi connectivity index (χ4v) is 4.64. The molecule has 1 aromatic heterocycles. The largest absolute Gasteiger partial charge is 0.478 e. The molecule has 3 aromatic carbocycles. The molecule has 2 heterocycles. The van der Waals surface area contributed by atoms with Crippen LogP contribution in [0.2, 0.25) is 0 Å². The van der Waals surface area contributed by atoms with Gasteiger partial charge in [-0.1, -0.05) is 49.7 Å². The number of hydrogen-bond donors (Lipinski definition) is 1. The van der Waals surface area contributed by atoms with Crippen molar-refractivity contribution in [1.82, 2.24) is 4.98 Å². The Morgan fingerprint density at radius 2 is 1.56 bits per heavy atom. The lowest BCUT2D eigenvalue weighted by atomic mass is 10.0. The van der Waals surface area contributed by atoms with Crippen LogP contribution in [0, 0.1) is 0 Å². The van der Waals surface area contributed by atoms with Gasteiger partial charge in [-0.15, -0.1) is 0 Å². The summed E-state index contributed by atoms with van der Waals surface area (Å²) in [5.74, 6) is -0.989. The molecule has 4 aromatic rings. The summed E-state index contributed by atoms with van der Waals surface area (Å²) >= 11 is 0. The topological polar surface area (TPSA) is 83.0 Å². The first-order chi connectivity index (χ1) is 19.0. The molecule has 7 heteroatoms. The second-order valence-electron chi connectivity index (χ2n) is 9.25. The van der Waals surface area contributed by atoms with Crippen LogP contribution in [-0.4, -0.2) is 28.6 Å². The van der Waals surface area contributed by atoms with Crippen molar-refractivity contribution in [3.05, 3.63) is 126 Å². The third-order valence-corrected chi connectivity index (χ3v) is 6.57. The van der Waals surface area contributed by atoms with Gasteiger partial charge in [-0.05, 0) is 79.1 Å². The van der Waals surface area contributed by atoms with E-state index in [0.717, 1.165) is 36.3 Å². The molecule has 0 atom stereocenters. The monoisotopic (exact) mass is 519 g/mol. The molecule has 0 amide bonds. The highest BCUT2D eigenvalue weighted by Gasteiger charge is 2.33. The van der Waals surface area contributed by atoms with Gasteiger partial charge in [0.25, 0.3) is 0 Å². The van der Waals surface area contributed by atoms with E-state index in [4.69, 9.17) is 4.74 Å². The Hall–Kier alpha value is -4.91. The minimum atomic E-state index is -0.997. The number of para-hydroxylation sites is 1. The molecule has 1 aliphatic heterocycles. The lowest BCUT2D eigenvalue weighted by Crippen LogP contribution is -2.37. The molecule has 0 fully saturated rings. The predicted molar refractivity (Wildman–Crippen MR) is 152 cm³/mol. The summed E-state index contributed by atoms with van der Waals surface area (Å²) in [4.78, 5) is 28.9. The number of nitrogens with zero attached hydrogens (tertiary/aromatic N) is 3. The van der Waals surface area contributed by atoms with Crippen molar-refractivity contribution in [2.24, 2.45) is 0 Å². The van der Waals surface area contributed by atoms with Gasteiger partial charge in [0.2, 0.25) is 0 Å². The first-order valence-corrected chi connectivity index (χ1v) is 13.0. The zero-order valence-electron chi connectivity index (χ0n) is 21.7. The van der Waals surface area contributed by atoms with Gasteiger partial charge in [-0.3, -0.25) is 15.0 Å². The third kappa shape index (κ3) is 5.67. The summed E-state index contributed by atoms with van der Waals surface area (Å²) in [5, 5.41) is 13.9. The van der Waals surface area contributed by atoms with Gasteiger partial charge in [0.05, 0.1) is 40.4 Å². The number of carbonyl (C=O) groups is 2. The lowest BCUT2D eigenvalue weighted by Gasteiger charge is -2.34. The zero-order chi connectivity index (χ0) is 27.2. The van der Waals surface area contributed by atoms with Crippen LogP contribution in [0.3, 0.4) is 0 Å². The number of hydrazine groups is 1. The summed E-state index contributed by atoms with van der Waals surface area (Å²) in [6.45, 7) is 2.80. The smallest absolute Gasteiger partial charge is 0.343 e. The summed E-state index contributed by atoms with van der Waals surface area (Å²) in [7, 11) is 0. The van der Waals surface area contributed by atoms with Crippen molar-refractivity contribution in [3.8, 4) is 5.75 Å². The second-order valence-corrected chi connectivity index (χ2v) is 9.25. The fraction of sp³-hybridized carbons (Fsp3) is 0.156. The Kier molecular flexibility index (Phi) is 7.68. The summed E-state index contributed by atoms with van der Waals surface area (Å²) in [6.07, 6.45) is 4.44. The number of pyridine rings is 1. The molecule has 1 N–H and O–H groups in total. The first kappa shape index (κ1) is 25.7. The minimum Gasteiger partial charge on any atom is -0.478 e. The lowest BCUT2D eigenvalue weighted by molar-refractivity contribution is 0.0694. The number of rotatable bonds is 9. The van der Waals surface area contributed by atoms with Gasteiger partial charge in [-0.2, -0.15) is 0 Å². The number of anilines is 2. The zero-order valence-corrected chi connectivity index (χ0v) is 21.7. The van der Waals surface area contributed by atoms with Crippen molar-refractivity contribution in [1.29, 1.82) is 0 Å². The molecule has 196 valence electrons. The maximum atomic E-state index is 12.6. The van der Waals surface area contributed by atoms with E-state index >= 15 is 0 Å². The van der Waals surface area contributed by atoms with Gasteiger partial charge in [0, 0.05) is 6.20 Å². The molecule has 7 nitrogen and oxygen atoms in total. The number of unbranched alkanes of at least 4 members (excludes halogenated alkanes) is 1. The Morgan fingerprint density at radius 3 is 2.23 bits per heavy atom. The van der Waals surface area contributed by atoms with E-state index in [9.17, 15) is 14.7 Å². The fourth-order valence-electron chi connectivity index (χ4n) is 4.64. The molecule has 0 bridgehead atoms. The van der Waals surface area contributed by atoms with Crippen LogP contribution in [0.4, 0.5) is 11.4 Å². The van der Waals surface area contributed by atoms with Crippen molar-refractivity contribution in [2.45, 2.75) is 26.2 Å². The van der Waals surface area contributed by atoms with E-state index in [1.54, 1.807) is 48.7 Å². The standard InChI is InChI=1S/C32H29N3O4/c1-2-3-10-25-22-34(26-13-8-5-9-14-26)35(30(25)29-21-24(31(36)37)19-20-33-29)27-15-17-28(18-16-27)39-32(38)23-11-6-4-7-12-23/h4-9,11-21H,2-3,10,22H2,1H3,(H,36,37). The van der Waals surface area contributed by atoms with Crippen LogP contribution >= 0.6 is 0 Å². The highest BCUT2D eigenvalue weighted by molar-refractivity contribution is 5.92. The van der Waals surface area contributed by atoms with Crippen LogP contribution in [0.25, 0.3) is 5.70 Å². The Morgan fingerprint density at radius 1 is 0.872 bits per heavy atom. The molecule has 0 radical (unpaired) electrons. The van der Waals surface area contributed by atoms with Crippen molar-refractivity contribution in [3.63, 3.8) is 0 Å². The Bertz CT molecular complexity index is 1490. The predicted octanol–water partition coefficient (Wildman–Crippen LogP) is 6.84. The quantitative estimate of drug-likeness (QED) is 0.191. The second kappa shape index (κ2) is 11.6. The number of aromatic carboxylic acids is 1. The normalized spacial score (nSPS) is 13.1. The summed E-state index contributed by atoms with van der Waals surface area (Å²) in [6, 6.07) is 29.4. The van der Waals surface area contributed by atoms with E-state index in [0.29, 0.717) is 23.6 Å². The van der Waals surface area contributed by atoms with Gasteiger partial charge < -0.3 is 9.84 Å². The number of carboxylic acids is 1. The van der Waals surface area contributed by atoms with E-state index in [1.165, 1.54) is 11.6 Å². The third-order valence-electron chi connectivity index (χ3n) is 6.57. The first-order valence-electron chi connectivity index (χ1n) is 13.0. The number of aromatic nitrogens is 1. The number of hydrogen-bond acceptors (Lipinski definition) is 6. The van der Waals surface area contributed by atoms with Crippen LogP contribution in [0.5, 0.6) is 5.75 Å². The van der Waals surface area contributed by atoms with E-state index in [2.05, 4.69) is 21.9 Å². The number of esters is 1. The molecular formula is C32H29N3O4. The van der Waals surface area contributed by atoms with Crippen LogP contribution in [0.1, 0.15) is 52.6 Å². The highest BCUT2D eigenvalue weighted by Crippen LogP contribution is 2.40. The molecule has 0 spiro atoms. The van der Waals surface area contributed by atoms with Gasteiger partial charge >= 0.3 is 11.9 Å². The summed E-state index contributed by atoms with van der Waals surface area (Å²) < 4.78 is 5.60. The number of carboxylic acid groups (broad SMARTS) is 1. The number of carbonyl (C=O) groups excluding carboxylic acids is 1. The molecule has 0 saturated carbocycles. The molecule has 5 rings (SSSR count). The van der Waals surface area contributed by atoms with E-state index in [-0.39, 0.29) is 5.56 Å². The SMILES string of the molecule is CCCCC1=C(c2cc(C(=O)O)ccn2)N(c2ccc(OC(=O)c3ccccc3)cc2)N(c2ccccc2)C1. The molecule has 1 aliphatic rings. The summed E-state index contributed by atoms with van der Waals surface area (Å²) in [5.41, 5.74) is 5.13. The van der Waals surface area contributed by atoms with Gasteiger partial charge in [-0.25, -0.2) is 9.59 Å². The van der Waals surface area contributed by atoms with Crippen molar-refractivity contribution >= 4 is 29.0 Å².